The van der Waals surface area contributed by atoms with Crippen LogP contribution in [-0.2, 0) is 12.8 Å². The van der Waals surface area contributed by atoms with Gasteiger partial charge in [-0.3, -0.25) is 4.79 Å². The summed E-state index contributed by atoms with van der Waals surface area (Å²) in [6, 6.07) is 17.1. The van der Waals surface area contributed by atoms with Gasteiger partial charge >= 0.3 is 0 Å². The van der Waals surface area contributed by atoms with E-state index in [4.69, 9.17) is 0 Å². The van der Waals surface area contributed by atoms with Crippen molar-refractivity contribution >= 4 is 5.78 Å². The number of unbranched alkanes of at least 4 members (excludes halogenated alkanes) is 1. The number of ketones is 1. The molecule has 2 aromatic rings. The van der Waals surface area contributed by atoms with Crippen molar-refractivity contribution < 1.29 is 4.79 Å². The fourth-order valence-electron chi connectivity index (χ4n) is 4.63. The third-order valence-corrected chi connectivity index (χ3v) is 6.45. The van der Waals surface area contributed by atoms with Crippen molar-refractivity contribution in [3.05, 3.63) is 70.8 Å². The second-order valence-electron chi connectivity index (χ2n) is 8.65. The quantitative estimate of drug-likeness (QED) is 0.413. The monoisotopic (exact) mass is 376 g/mol. The molecule has 0 atom stereocenters. The lowest BCUT2D eigenvalue weighted by molar-refractivity contribution is 0.0993. The standard InChI is InChI=1S/C27H36O/c1-3-5-7-22-8-10-23(11-9-22)20-27(28)26-18-16-25(17-19-26)24-14-12-21(6-4-2)13-15-24/h8-11,16-19,21,24H,3-7,12-15,20H2,1-2H3/t21-,24-. The van der Waals surface area contributed by atoms with E-state index in [1.54, 1.807) is 0 Å². The molecule has 0 unspecified atom stereocenters. The van der Waals surface area contributed by atoms with Gasteiger partial charge in [0.05, 0.1) is 0 Å². The maximum absolute atomic E-state index is 12.7. The van der Waals surface area contributed by atoms with E-state index in [1.165, 1.54) is 62.5 Å². The van der Waals surface area contributed by atoms with Gasteiger partial charge in [0.25, 0.3) is 0 Å². The van der Waals surface area contributed by atoms with Crippen LogP contribution in [0.15, 0.2) is 48.5 Å². The maximum atomic E-state index is 12.7. The third kappa shape index (κ3) is 5.80. The Balaban J connectivity index is 1.54. The molecule has 0 heterocycles. The highest BCUT2D eigenvalue weighted by Crippen LogP contribution is 2.37. The molecule has 1 aliphatic carbocycles. The first kappa shape index (κ1) is 20.8. The molecule has 1 nitrogen and oxygen atoms in total. The maximum Gasteiger partial charge on any atom is 0.167 e. The van der Waals surface area contributed by atoms with Crippen LogP contribution in [0, 0.1) is 5.92 Å². The zero-order chi connectivity index (χ0) is 19.8. The first-order chi connectivity index (χ1) is 13.7. The van der Waals surface area contributed by atoms with Crippen LogP contribution in [0.1, 0.15) is 98.2 Å². The highest BCUT2D eigenvalue weighted by Gasteiger charge is 2.22. The van der Waals surface area contributed by atoms with Gasteiger partial charge in [-0.1, -0.05) is 81.6 Å². The van der Waals surface area contributed by atoms with Crippen molar-refractivity contribution in [3.63, 3.8) is 0 Å². The Labute approximate surface area is 171 Å². The first-order valence-corrected chi connectivity index (χ1v) is 11.4. The predicted octanol–water partition coefficient (Wildman–Crippen LogP) is 7.53. The molecule has 0 radical (unpaired) electrons. The minimum absolute atomic E-state index is 0.222. The normalized spacial score (nSPS) is 19.5. The van der Waals surface area contributed by atoms with Crippen molar-refractivity contribution in [2.75, 3.05) is 0 Å². The Bertz CT molecular complexity index is 718. The zero-order valence-corrected chi connectivity index (χ0v) is 17.8. The van der Waals surface area contributed by atoms with Gasteiger partial charge in [0.2, 0.25) is 0 Å². The minimum Gasteiger partial charge on any atom is -0.294 e. The van der Waals surface area contributed by atoms with E-state index in [2.05, 4.69) is 50.2 Å². The second kappa shape index (κ2) is 10.6. The summed E-state index contributed by atoms with van der Waals surface area (Å²) in [7, 11) is 0. The van der Waals surface area contributed by atoms with Gasteiger partial charge in [0, 0.05) is 12.0 Å². The van der Waals surface area contributed by atoms with Crippen LogP contribution in [0.25, 0.3) is 0 Å². The number of rotatable bonds is 9. The average Bonchev–Trinajstić information content (AvgIpc) is 2.74. The largest absolute Gasteiger partial charge is 0.294 e. The summed E-state index contributed by atoms with van der Waals surface area (Å²) in [6.45, 7) is 4.51. The van der Waals surface area contributed by atoms with Crippen molar-refractivity contribution in [3.8, 4) is 0 Å². The molecule has 3 rings (SSSR count). The van der Waals surface area contributed by atoms with E-state index in [9.17, 15) is 4.79 Å². The Morgan fingerprint density at radius 1 is 0.821 bits per heavy atom. The molecule has 1 aliphatic rings. The SMILES string of the molecule is CCCCc1ccc(CC(=O)c2ccc([C@H]3CC[C@H](CCC)CC3)cc2)cc1. The van der Waals surface area contributed by atoms with E-state index >= 15 is 0 Å². The molecule has 0 amide bonds. The van der Waals surface area contributed by atoms with E-state index in [1.807, 2.05) is 12.1 Å². The predicted molar refractivity (Wildman–Crippen MR) is 119 cm³/mol. The zero-order valence-electron chi connectivity index (χ0n) is 17.8. The lowest BCUT2D eigenvalue weighted by atomic mass is 9.77. The smallest absolute Gasteiger partial charge is 0.167 e. The Morgan fingerprint density at radius 3 is 2.07 bits per heavy atom. The topological polar surface area (TPSA) is 17.1 Å². The molecule has 0 aliphatic heterocycles. The van der Waals surface area contributed by atoms with Gasteiger partial charge in [-0.15, -0.1) is 0 Å². The summed E-state index contributed by atoms with van der Waals surface area (Å²) in [5.74, 6) is 1.85. The molecule has 0 spiro atoms. The van der Waals surface area contributed by atoms with Crippen LogP contribution < -0.4 is 0 Å². The third-order valence-electron chi connectivity index (χ3n) is 6.45. The van der Waals surface area contributed by atoms with Crippen LogP contribution in [0.4, 0.5) is 0 Å². The Kier molecular flexibility index (Phi) is 7.89. The molecule has 1 heteroatoms. The van der Waals surface area contributed by atoms with Crippen LogP contribution in [-0.4, -0.2) is 5.78 Å². The van der Waals surface area contributed by atoms with E-state index < -0.39 is 0 Å². The average molecular weight is 377 g/mol. The molecule has 0 aromatic heterocycles. The number of Topliss-reactive ketones (excluding diaryl/α,β-unsaturated/α-hetero) is 1. The van der Waals surface area contributed by atoms with Gasteiger partial charge in [-0.05, 0) is 67.1 Å². The summed E-state index contributed by atoms with van der Waals surface area (Å²) in [4.78, 5) is 12.7. The van der Waals surface area contributed by atoms with Gasteiger partial charge in [0.1, 0.15) is 0 Å². The van der Waals surface area contributed by atoms with Gasteiger partial charge in [0.15, 0.2) is 5.78 Å². The number of carbonyl (C=O) groups excluding carboxylic acids is 1. The van der Waals surface area contributed by atoms with Crippen LogP contribution in [0.3, 0.4) is 0 Å². The van der Waals surface area contributed by atoms with Gasteiger partial charge < -0.3 is 0 Å². The van der Waals surface area contributed by atoms with Crippen molar-refractivity contribution in [2.45, 2.75) is 84.0 Å². The van der Waals surface area contributed by atoms with Crippen molar-refractivity contribution in [1.82, 2.24) is 0 Å². The number of hydrogen-bond donors (Lipinski definition) is 0. The number of aryl methyl sites for hydroxylation is 1. The molecular weight excluding hydrogens is 340 g/mol. The number of hydrogen-bond acceptors (Lipinski definition) is 1. The summed E-state index contributed by atoms with van der Waals surface area (Å²) in [5.41, 5.74) is 4.75. The summed E-state index contributed by atoms with van der Waals surface area (Å²) < 4.78 is 0. The molecule has 28 heavy (non-hydrogen) atoms. The molecule has 2 aromatic carbocycles. The minimum atomic E-state index is 0.222. The second-order valence-corrected chi connectivity index (χ2v) is 8.65. The highest BCUT2D eigenvalue weighted by molar-refractivity contribution is 5.97. The molecule has 150 valence electrons. The van der Waals surface area contributed by atoms with E-state index in [0.29, 0.717) is 12.3 Å². The van der Waals surface area contributed by atoms with Gasteiger partial charge in [-0.25, -0.2) is 0 Å². The molecule has 0 saturated heterocycles. The molecular formula is C27H36O. The molecule has 1 saturated carbocycles. The highest BCUT2D eigenvalue weighted by atomic mass is 16.1. The Hall–Kier alpha value is -1.89. The Morgan fingerprint density at radius 2 is 1.46 bits per heavy atom. The fourth-order valence-corrected chi connectivity index (χ4v) is 4.63. The summed E-state index contributed by atoms with van der Waals surface area (Å²) >= 11 is 0. The molecule has 1 fully saturated rings. The van der Waals surface area contributed by atoms with Crippen LogP contribution in [0.2, 0.25) is 0 Å². The van der Waals surface area contributed by atoms with Crippen LogP contribution >= 0.6 is 0 Å². The van der Waals surface area contributed by atoms with E-state index in [0.717, 1.165) is 23.5 Å². The van der Waals surface area contributed by atoms with Gasteiger partial charge in [-0.2, -0.15) is 0 Å². The number of carbonyl (C=O) groups is 1. The summed E-state index contributed by atoms with van der Waals surface area (Å²) in [6.07, 6.45) is 12.1. The first-order valence-electron chi connectivity index (χ1n) is 11.4. The van der Waals surface area contributed by atoms with Crippen LogP contribution in [0.5, 0.6) is 0 Å². The molecule has 0 N–H and O–H groups in total. The van der Waals surface area contributed by atoms with Crippen molar-refractivity contribution in [2.24, 2.45) is 5.92 Å². The summed E-state index contributed by atoms with van der Waals surface area (Å²) in [5, 5.41) is 0. The van der Waals surface area contributed by atoms with Crippen molar-refractivity contribution in [1.29, 1.82) is 0 Å². The van der Waals surface area contributed by atoms with E-state index in [-0.39, 0.29) is 5.78 Å². The lowest BCUT2D eigenvalue weighted by Gasteiger charge is -2.28. The molecule has 0 bridgehead atoms. The number of benzene rings is 2. The lowest BCUT2D eigenvalue weighted by Crippen LogP contribution is -2.13. The fraction of sp³-hybridized carbons (Fsp3) is 0.519.